The third-order valence-corrected chi connectivity index (χ3v) is 4.91. The number of aromatic hydroxyl groups is 1. The van der Waals surface area contributed by atoms with E-state index in [4.69, 9.17) is 10.5 Å². The number of benzene rings is 2. The molecule has 0 radical (unpaired) electrons. The van der Waals surface area contributed by atoms with Crippen LogP contribution in [0.3, 0.4) is 0 Å². The van der Waals surface area contributed by atoms with E-state index in [9.17, 15) is 23.1 Å². The van der Waals surface area contributed by atoms with Gasteiger partial charge in [-0.25, -0.2) is 15.0 Å². The molecule has 8 nitrogen and oxygen atoms in total. The van der Waals surface area contributed by atoms with Crippen LogP contribution in [0.5, 0.6) is 11.5 Å². The highest BCUT2D eigenvalue weighted by Gasteiger charge is 2.31. The molecule has 11 heteroatoms. The summed E-state index contributed by atoms with van der Waals surface area (Å²) in [4.78, 5) is 24.7. The zero-order valence-corrected chi connectivity index (χ0v) is 17.5. The van der Waals surface area contributed by atoms with Gasteiger partial charge in [0.05, 0.1) is 17.2 Å². The number of rotatable bonds is 4. The number of halogens is 3. The summed E-state index contributed by atoms with van der Waals surface area (Å²) < 4.78 is 44.5. The van der Waals surface area contributed by atoms with E-state index in [2.05, 4.69) is 20.3 Å². The predicted molar refractivity (Wildman–Crippen MR) is 119 cm³/mol. The average molecular weight is 469 g/mol. The number of aliphatic imine (C=N–C) groups is 1. The standard InChI is InChI=1S/C23H18F3N5O3/c24-23(25,26)14-4-1-3-13(11-14)20(33)30-15-6-7-19(18(32)12-15)34-21-16(5-2-9-28-21)17-8-10-29-22(27)31-17/h1-4,6-12,16,32H,5H2,(H,30,33)(H2,27,29,31). The molecule has 1 aromatic heterocycles. The Bertz CT molecular complexity index is 1290. The molecule has 1 aliphatic rings. The smallest absolute Gasteiger partial charge is 0.416 e. The summed E-state index contributed by atoms with van der Waals surface area (Å²) in [7, 11) is 0. The quantitative estimate of drug-likeness (QED) is 0.517. The lowest BCUT2D eigenvalue weighted by atomic mass is 9.99. The van der Waals surface area contributed by atoms with Crippen molar-refractivity contribution < 1.29 is 27.8 Å². The topological polar surface area (TPSA) is 123 Å². The number of alkyl halides is 3. The van der Waals surface area contributed by atoms with Crippen molar-refractivity contribution in [1.29, 1.82) is 0 Å². The molecule has 0 saturated heterocycles. The lowest BCUT2D eigenvalue weighted by molar-refractivity contribution is -0.137. The number of carbonyl (C=O) groups excluding carboxylic acids is 1. The number of nitrogens with one attached hydrogen (secondary N) is 1. The Morgan fingerprint density at radius 1 is 1.18 bits per heavy atom. The number of nitrogens with zero attached hydrogens (tertiary/aromatic N) is 3. The molecule has 1 amide bonds. The highest BCUT2D eigenvalue weighted by molar-refractivity contribution is 6.04. The highest BCUT2D eigenvalue weighted by Crippen LogP contribution is 2.33. The van der Waals surface area contributed by atoms with Crippen molar-refractivity contribution in [2.45, 2.75) is 18.5 Å². The zero-order valence-electron chi connectivity index (χ0n) is 17.5. The highest BCUT2D eigenvalue weighted by atomic mass is 19.4. The Kier molecular flexibility index (Phi) is 6.17. The third kappa shape index (κ3) is 5.14. The van der Waals surface area contributed by atoms with Crippen LogP contribution in [0.15, 0.2) is 72.0 Å². The van der Waals surface area contributed by atoms with Crippen LogP contribution in [-0.2, 0) is 6.18 Å². The molecule has 4 N–H and O–H groups in total. The number of nitrogens with two attached hydrogens (primary N) is 1. The van der Waals surface area contributed by atoms with E-state index < -0.39 is 17.6 Å². The van der Waals surface area contributed by atoms with Crippen LogP contribution in [0.2, 0.25) is 0 Å². The number of carbonyl (C=O) groups is 1. The fraction of sp³-hybridized carbons (Fsp3) is 0.130. The number of nitrogen functional groups attached to an aromatic ring is 1. The number of aromatic nitrogens is 2. The van der Waals surface area contributed by atoms with Crippen molar-refractivity contribution in [3.8, 4) is 11.5 Å². The lowest BCUT2D eigenvalue weighted by Gasteiger charge is -2.20. The van der Waals surface area contributed by atoms with Crippen LogP contribution >= 0.6 is 0 Å². The van der Waals surface area contributed by atoms with Gasteiger partial charge < -0.3 is 20.9 Å². The first kappa shape index (κ1) is 22.8. The Labute approximate surface area is 191 Å². The number of hydrogen-bond donors (Lipinski definition) is 3. The molecular weight excluding hydrogens is 451 g/mol. The van der Waals surface area contributed by atoms with Crippen molar-refractivity contribution in [2.24, 2.45) is 4.99 Å². The van der Waals surface area contributed by atoms with E-state index in [1.165, 1.54) is 30.5 Å². The fourth-order valence-electron chi connectivity index (χ4n) is 3.28. The Hall–Kier alpha value is -4.41. The summed E-state index contributed by atoms with van der Waals surface area (Å²) >= 11 is 0. The van der Waals surface area contributed by atoms with Gasteiger partial charge in [0.15, 0.2) is 11.5 Å². The first-order chi connectivity index (χ1) is 16.2. The molecular formula is C23H18F3N5O3. The van der Waals surface area contributed by atoms with Gasteiger partial charge in [-0.3, -0.25) is 4.79 Å². The van der Waals surface area contributed by atoms with Crippen LogP contribution < -0.4 is 15.8 Å². The van der Waals surface area contributed by atoms with Gasteiger partial charge in [-0.05, 0) is 42.8 Å². The number of hydrogen-bond acceptors (Lipinski definition) is 7. The van der Waals surface area contributed by atoms with Crippen molar-refractivity contribution in [3.63, 3.8) is 0 Å². The monoisotopic (exact) mass is 469 g/mol. The first-order valence-electron chi connectivity index (χ1n) is 10.0. The van der Waals surface area contributed by atoms with E-state index in [0.717, 1.165) is 18.2 Å². The molecule has 0 saturated carbocycles. The zero-order chi connectivity index (χ0) is 24.3. The van der Waals surface area contributed by atoms with E-state index in [1.54, 1.807) is 12.3 Å². The number of ether oxygens (including phenoxy) is 1. The van der Waals surface area contributed by atoms with E-state index >= 15 is 0 Å². The molecule has 4 rings (SSSR count). The van der Waals surface area contributed by atoms with Gasteiger partial charge in [0.2, 0.25) is 11.8 Å². The van der Waals surface area contributed by atoms with Crippen LogP contribution in [0.25, 0.3) is 0 Å². The molecule has 0 aliphatic carbocycles. The molecule has 2 heterocycles. The second-order valence-electron chi connectivity index (χ2n) is 7.30. The maximum Gasteiger partial charge on any atom is 0.416 e. The van der Waals surface area contributed by atoms with Crippen LogP contribution in [0.1, 0.15) is 34.0 Å². The number of phenolic OH excluding ortho intramolecular Hbond substituents is 1. The van der Waals surface area contributed by atoms with Gasteiger partial charge in [-0.15, -0.1) is 0 Å². The summed E-state index contributed by atoms with van der Waals surface area (Å²) in [5.41, 5.74) is 5.31. The largest absolute Gasteiger partial charge is 0.504 e. The van der Waals surface area contributed by atoms with E-state index in [1.807, 2.05) is 6.08 Å². The van der Waals surface area contributed by atoms with Crippen LogP contribution in [-0.4, -0.2) is 26.9 Å². The van der Waals surface area contributed by atoms with Crippen molar-refractivity contribution in [1.82, 2.24) is 9.97 Å². The number of amides is 1. The molecule has 0 spiro atoms. The molecule has 3 aromatic rings. The molecule has 1 atom stereocenters. The van der Waals surface area contributed by atoms with Crippen LogP contribution in [0.4, 0.5) is 24.8 Å². The summed E-state index contributed by atoms with van der Waals surface area (Å²) in [5, 5.41) is 12.9. The van der Waals surface area contributed by atoms with Gasteiger partial charge in [0.25, 0.3) is 5.91 Å². The first-order valence-corrected chi connectivity index (χ1v) is 10.0. The second-order valence-corrected chi connectivity index (χ2v) is 7.30. The molecule has 34 heavy (non-hydrogen) atoms. The van der Waals surface area contributed by atoms with Gasteiger partial charge in [0, 0.05) is 29.7 Å². The summed E-state index contributed by atoms with van der Waals surface area (Å²) in [6.07, 6.45) is 0.896. The third-order valence-electron chi connectivity index (χ3n) is 4.91. The molecule has 174 valence electrons. The van der Waals surface area contributed by atoms with Crippen molar-refractivity contribution in [2.75, 3.05) is 11.1 Å². The second kappa shape index (κ2) is 9.22. The van der Waals surface area contributed by atoms with Gasteiger partial charge >= 0.3 is 6.18 Å². The minimum Gasteiger partial charge on any atom is -0.504 e. The van der Waals surface area contributed by atoms with Gasteiger partial charge in [0.1, 0.15) is 0 Å². The van der Waals surface area contributed by atoms with Crippen LogP contribution in [0, 0.1) is 0 Å². The van der Waals surface area contributed by atoms with E-state index in [0.29, 0.717) is 12.1 Å². The van der Waals surface area contributed by atoms with Crippen molar-refractivity contribution in [3.05, 3.63) is 83.8 Å². The number of allylic oxidation sites excluding steroid dienone is 1. The predicted octanol–water partition coefficient (Wildman–Crippen LogP) is 4.51. The maximum absolute atomic E-state index is 12.9. The van der Waals surface area contributed by atoms with Gasteiger partial charge in [-0.1, -0.05) is 12.1 Å². The Morgan fingerprint density at radius 2 is 2.00 bits per heavy atom. The summed E-state index contributed by atoms with van der Waals surface area (Å²) in [5.74, 6) is -0.970. The molecule has 0 fully saturated rings. The summed E-state index contributed by atoms with van der Waals surface area (Å²) in [6, 6.07) is 9.79. The number of phenols is 1. The molecule has 0 bridgehead atoms. The Balaban J connectivity index is 1.49. The molecule has 2 aromatic carbocycles. The minimum absolute atomic E-state index is 0.0677. The fourth-order valence-corrected chi connectivity index (χ4v) is 3.28. The molecule has 1 aliphatic heterocycles. The minimum atomic E-state index is -4.57. The average Bonchev–Trinajstić information content (AvgIpc) is 2.81. The lowest BCUT2D eigenvalue weighted by Crippen LogP contribution is -2.22. The SMILES string of the molecule is Nc1nccc(C2CC=CN=C2Oc2ccc(NC(=O)c3cccc(C(F)(F)F)c3)cc2O)n1. The maximum atomic E-state index is 12.9. The normalized spacial score (nSPS) is 15.5. The Morgan fingerprint density at radius 3 is 2.74 bits per heavy atom. The molecule has 1 unspecified atom stereocenters. The van der Waals surface area contributed by atoms with Gasteiger partial charge in [-0.2, -0.15) is 13.2 Å². The number of anilines is 2. The summed E-state index contributed by atoms with van der Waals surface area (Å²) in [6.45, 7) is 0. The van der Waals surface area contributed by atoms with E-state index in [-0.39, 0.29) is 40.5 Å². The van der Waals surface area contributed by atoms with Crippen molar-refractivity contribution >= 4 is 23.4 Å².